The van der Waals surface area contributed by atoms with Crippen LogP contribution >= 0.6 is 11.8 Å². The van der Waals surface area contributed by atoms with Crippen molar-refractivity contribution >= 4 is 34.4 Å². The molecule has 0 spiro atoms. The van der Waals surface area contributed by atoms with E-state index in [1.807, 2.05) is 24.3 Å². The van der Waals surface area contributed by atoms with Crippen LogP contribution in [-0.2, 0) is 14.4 Å². The average Bonchev–Trinajstić information content (AvgIpc) is 3.18. The number of hydrogen-bond donors (Lipinski definition) is 2. The number of anilines is 1. The van der Waals surface area contributed by atoms with Gasteiger partial charge in [-0.1, -0.05) is 18.2 Å². The van der Waals surface area contributed by atoms with E-state index in [0.717, 1.165) is 42.3 Å². The first-order valence-corrected chi connectivity index (χ1v) is 9.72. The number of thioether (sulfide) groups is 1. The van der Waals surface area contributed by atoms with Crippen LogP contribution in [0.15, 0.2) is 41.3 Å². The molecule has 144 valence electrons. The fourth-order valence-corrected chi connectivity index (χ4v) is 2.77. The van der Waals surface area contributed by atoms with Crippen molar-refractivity contribution in [2.45, 2.75) is 32.6 Å². The zero-order valence-corrected chi connectivity index (χ0v) is 16.0. The summed E-state index contributed by atoms with van der Waals surface area (Å²) in [7, 11) is 0. The Morgan fingerprint density at radius 2 is 1.85 bits per heavy atom. The van der Waals surface area contributed by atoms with Gasteiger partial charge in [-0.05, 0) is 37.1 Å². The fraction of sp³-hybridized carbons (Fsp3) is 0.368. The molecule has 0 aliphatic carbocycles. The third kappa shape index (κ3) is 8.08. The first-order valence-electron chi connectivity index (χ1n) is 8.73. The summed E-state index contributed by atoms with van der Waals surface area (Å²) in [4.78, 5) is 38.0. The molecule has 2 N–H and O–H groups in total. The molecule has 2 aromatic rings. The third-order valence-corrected chi connectivity index (χ3v) is 4.51. The first kappa shape index (κ1) is 20.7. The summed E-state index contributed by atoms with van der Waals surface area (Å²) in [6, 6.07) is 7.38. The minimum atomic E-state index is -0.137. The quantitative estimate of drug-likeness (QED) is 0.605. The highest BCUT2D eigenvalue weighted by molar-refractivity contribution is 8.14. The molecule has 0 unspecified atom stereocenters. The number of aromatic nitrogens is 1. The minimum Gasteiger partial charge on any atom is -0.444 e. The molecule has 2 amide bonds. The van der Waals surface area contributed by atoms with Crippen molar-refractivity contribution in [2.24, 2.45) is 0 Å². The highest BCUT2D eigenvalue weighted by Crippen LogP contribution is 2.20. The molecule has 0 radical (unpaired) electrons. The van der Waals surface area contributed by atoms with Crippen LogP contribution in [0, 0.1) is 0 Å². The van der Waals surface area contributed by atoms with Crippen molar-refractivity contribution in [3.05, 3.63) is 36.9 Å². The lowest BCUT2D eigenvalue weighted by molar-refractivity contribution is -0.119. The number of rotatable bonds is 10. The van der Waals surface area contributed by atoms with Crippen LogP contribution in [0.3, 0.4) is 0 Å². The molecule has 2 rings (SSSR count). The molecule has 0 aliphatic heterocycles. The van der Waals surface area contributed by atoms with Gasteiger partial charge in [0.25, 0.3) is 0 Å². The number of carbonyl (C=O) groups is 3. The van der Waals surface area contributed by atoms with Crippen molar-refractivity contribution in [3.63, 3.8) is 0 Å². The number of unbranched alkanes of at least 4 members (excludes halogenated alkanes) is 2. The van der Waals surface area contributed by atoms with Crippen LogP contribution in [0.25, 0.3) is 11.3 Å². The Balaban J connectivity index is 1.57. The van der Waals surface area contributed by atoms with E-state index in [4.69, 9.17) is 4.42 Å². The molecule has 0 fully saturated rings. The second-order valence-corrected chi connectivity index (χ2v) is 7.08. The standard InChI is InChI=1S/C19H23N3O4S/c1-14(23)27-12-19(25)21-10-4-2-3-5-18(24)22-16-8-6-15(7-9-16)17-11-20-13-26-17/h6-9,11,13H,2-5,10,12H2,1H3,(H,21,25)(H,22,24). The monoisotopic (exact) mass is 389 g/mol. The molecule has 1 aromatic heterocycles. The Morgan fingerprint density at radius 3 is 2.52 bits per heavy atom. The highest BCUT2D eigenvalue weighted by atomic mass is 32.2. The number of amides is 2. The van der Waals surface area contributed by atoms with Gasteiger partial charge in [0.05, 0.1) is 11.9 Å². The SMILES string of the molecule is CC(=O)SCC(=O)NCCCCCC(=O)Nc1ccc(-c2cnco2)cc1. The second kappa shape index (κ2) is 11.2. The van der Waals surface area contributed by atoms with Crippen LogP contribution in [-0.4, -0.2) is 34.2 Å². The van der Waals surface area contributed by atoms with Crippen LogP contribution < -0.4 is 10.6 Å². The van der Waals surface area contributed by atoms with Gasteiger partial charge in [-0.3, -0.25) is 14.4 Å². The van der Waals surface area contributed by atoms with Gasteiger partial charge in [-0.25, -0.2) is 4.98 Å². The lowest BCUT2D eigenvalue weighted by atomic mass is 10.1. The van der Waals surface area contributed by atoms with Crippen molar-refractivity contribution in [1.82, 2.24) is 10.3 Å². The third-order valence-electron chi connectivity index (χ3n) is 3.69. The Bertz CT molecular complexity index is 745. The summed E-state index contributed by atoms with van der Waals surface area (Å²) in [6.45, 7) is 2.00. The summed E-state index contributed by atoms with van der Waals surface area (Å²) in [6.07, 6.45) is 5.84. The van der Waals surface area contributed by atoms with Crippen molar-refractivity contribution in [2.75, 3.05) is 17.6 Å². The molecule has 0 atom stereocenters. The summed E-state index contributed by atoms with van der Waals surface area (Å²) in [5, 5.41) is 5.55. The summed E-state index contributed by atoms with van der Waals surface area (Å²) < 4.78 is 5.22. The van der Waals surface area contributed by atoms with Crippen molar-refractivity contribution in [1.29, 1.82) is 0 Å². The van der Waals surface area contributed by atoms with E-state index < -0.39 is 0 Å². The maximum atomic E-state index is 12.0. The Morgan fingerprint density at radius 1 is 1.07 bits per heavy atom. The molecular formula is C19H23N3O4S. The zero-order chi connectivity index (χ0) is 19.5. The number of hydrogen-bond acceptors (Lipinski definition) is 6. The summed E-state index contributed by atoms with van der Waals surface area (Å²) in [5.41, 5.74) is 1.63. The normalized spacial score (nSPS) is 10.4. The van der Waals surface area contributed by atoms with Gasteiger partial charge in [0, 0.05) is 31.1 Å². The van der Waals surface area contributed by atoms with Gasteiger partial charge < -0.3 is 15.1 Å². The maximum absolute atomic E-state index is 12.0. The predicted octanol–water partition coefficient (Wildman–Crippen LogP) is 3.24. The molecule has 1 aromatic carbocycles. The summed E-state index contributed by atoms with van der Waals surface area (Å²) in [5.74, 6) is 0.665. The first-order chi connectivity index (χ1) is 13.0. The van der Waals surface area contributed by atoms with E-state index >= 15 is 0 Å². The van der Waals surface area contributed by atoms with E-state index in [2.05, 4.69) is 15.6 Å². The second-order valence-electron chi connectivity index (χ2n) is 5.93. The van der Waals surface area contributed by atoms with Gasteiger partial charge >= 0.3 is 0 Å². The predicted molar refractivity (Wildman–Crippen MR) is 105 cm³/mol. The van der Waals surface area contributed by atoms with Crippen molar-refractivity contribution < 1.29 is 18.8 Å². The maximum Gasteiger partial charge on any atom is 0.230 e. The van der Waals surface area contributed by atoms with Crippen LogP contribution in [0.5, 0.6) is 0 Å². The molecule has 0 bridgehead atoms. The van der Waals surface area contributed by atoms with Crippen LogP contribution in [0.1, 0.15) is 32.6 Å². The fourth-order valence-electron chi connectivity index (χ4n) is 2.33. The Labute approximate surface area is 162 Å². The molecule has 8 heteroatoms. The van der Waals surface area contributed by atoms with Gasteiger partial charge in [0.2, 0.25) is 11.8 Å². The molecule has 0 saturated carbocycles. The molecule has 0 aliphatic rings. The van der Waals surface area contributed by atoms with Crippen LogP contribution in [0.2, 0.25) is 0 Å². The number of benzene rings is 1. The topological polar surface area (TPSA) is 101 Å². The van der Waals surface area contributed by atoms with Crippen molar-refractivity contribution in [3.8, 4) is 11.3 Å². The number of nitrogens with zero attached hydrogens (tertiary/aromatic N) is 1. The Hall–Kier alpha value is -2.61. The molecule has 27 heavy (non-hydrogen) atoms. The molecule has 0 saturated heterocycles. The number of carbonyl (C=O) groups excluding carboxylic acids is 3. The number of nitrogens with one attached hydrogen (secondary N) is 2. The Kier molecular flexibility index (Phi) is 8.57. The van der Waals surface area contributed by atoms with Gasteiger partial charge in [-0.2, -0.15) is 0 Å². The smallest absolute Gasteiger partial charge is 0.230 e. The largest absolute Gasteiger partial charge is 0.444 e. The minimum absolute atomic E-state index is 0.0377. The van der Waals surface area contributed by atoms with Crippen LogP contribution in [0.4, 0.5) is 5.69 Å². The average molecular weight is 389 g/mol. The molecule has 7 nitrogen and oxygen atoms in total. The zero-order valence-electron chi connectivity index (χ0n) is 15.2. The van der Waals surface area contributed by atoms with E-state index in [9.17, 15) is 14.4 Å². The lowest BCUT2D eigenvalue weighted by Crippen LogP contribution is -2.26. The van der Waals surface area contributed by atoms with E-state index in [-0.39, 0.29) is 22.7 Å². The number of oxazole rings is 1. The summed E-state index contributed by atoms with van der Waals surface area (Å²) >= 11 is 1.00. The van der Waals surface area contributed by atoms with Gasteiger partial charge in [-0.15, -0.1) is 0 Å². The van der Waals surface area contributed by atoms with Gasteiger partial charge in [0.15, 0.2) is 17.3 Å². The molecular weight excluding hydrogens is 366 g/mol. The lowest BCUT2D eigenvalue weighted by Gasteiger charge is -2.06. The van der Waals surface area contributed by atoms with E-state index in [0.29, 0.717) is 18.7 Å². The molecule has 1 heterocycles. The van der Waals surface area contributed by atoms with Gasteiger partial charge in [0.1, 0.15) is 0 Å². The van der Waals surface area contributed by atoms with E-state index in [1.54, 1.807) is 6.20 Å². The highest BCUT2D eigenvalue weighted by Gasteiger charge is 2.06. The van der Waals surface area contributed by atoms with E-state index in [1.165, 1.54) is 13.3 Å².